The summed E-state index contributed by atoms with van der Waals surface area (Å²) in [6, 6.07) is 9.45. The van der Waals surface area contributed by atoms with Gasteiger partial charge in [0.15, 0.2) is 0 Å². The molecule has 0 saturated carbocycles. The third-order valence-electron chi connectivity index (χ3n) is 4.72. The molecule has 0 bridgehead atoms. The lowest BCUT2D eigenvalue weighted by atomic mass is 9.92. The maximum absolute atomic E-state index is 5.59. The van der Waals surface area contributed by atoms with Crippen LogP contribution in [-0.2, 0) is 12.8 Å². The van der Waals surface area contributed by atoms with Crippen molar-refractivity contribution in [1.82, 2.24) is 5.32 Å². The van der Waals surface area contributed by atoms with Crippen molar-refractivity contribution in [3.8, 4) is 5.75 Å². The zero-order chi connectivity index (χ0) is 14.2. The Morgan fingerprint density at radius 2 is 2.19 bits per heavy atom. The minimum Gasteiger partial charge on any atom is -0.493 e. The Balaban J connectivity index is 1.53. The molecule has 2 heterocycles. The van der Waals surface area contributed by atoms with Crippen molar-refractivity contribution in [3.63, 3.8) is 0 Å². The van der Waals surface area contributed by atoms with Crippen LogP contribution in [0.2, 0.25) is 0 Å². The second kappa shape index (κ2) is 5.23. The molecule has 2 unspecified atom stereocenters. The Morgan fingerprint density at radius 3 is 3.14 bits per heavy atom. The Morgan fingerprint density at radius 1 is 1.24 bits per heavy atom. The molecular weight excluding hydrogens is 262 g/mol. The van der Waals surface area contributed by atoms with Crippen LogP contribution in [0.4, 0.5) is 0 Å². The van der Waals surface area contributed by atoms with E-state index < -0.39 is 0 Å². The summed E-state index contributed by atoms with van der Waals surface area (Å²) in [7, 11) is 0. The van der Waals surface area contributed by atoms with Gasteiger partial charge in [-0.25, -0.2) is 0 Å². The van der Waals surface area contributed by atoms with Gasteiger partial charge in [-0.15, -0.1) is 0 Å². The lowest BCUT2D eigenvalue weighted by molar-refractivity contribution is 0.356. The molecule has 0 amide bonds. The minimum atomic E-state index is 0.335. The van der Waals surface area contributed by atoms with Gasteiger partial charge in [0.2, 0.25) is 0 Å². The largest absolute Gasteiger partial charge is 0.493 e. The van der Waals surface area contributed by atoms with Crippen molar-refractivity contribution in [3.05, 3.63) is 53.0 Å². The molecule has 21 heavy (non-hydrogen) atoms. The van der Waals surface area contributed by atoms with E-state index in [4.69, 9.17) is 9.15 Å². The number of hydrogen-bond acceptors (Lipinski definition) is 3. The molecule has 3 nitrogen and oxygen atoms in total. The van der Waals surface area contributed by atoms with Gasteiger partial charge in [-0.2, -0.15) is 0 Å². The zero-order valence-corrected chi connectivity index (χ0v) is 12.4. The quantitative estimate of drug-likeness (QED) is 0.926. The van der Waals surface area contributed by atoms with Gasteiger partial charge in [0.25, 0.3) is 0 Å². The van der Waals surface area contributed by atoms with Crippen LogP contribution < -0.4 is 10.1 Å². The zero-order valence-electron chi connectivity index (χ0n) is 12.4. The molecule has 2 aliphatic rings. The van der Waals surface area contributed by atoms with Crippen LogP contribution >= 0.6 is 0 Å². The van der Waals surface area contributed by atoms with E-state index in [0.29, 0.717) is 12.1 Å². The Kier molecular flexibility index (Phi) is 3.23. The highest BCUT2D eigenvalue weighted by Gasteiger charge is 2.24. The first-order valence-corrected chi connectivity index (χ1v) is 7.89. The van der Waals surface area contributed by atoms with E-state index in [1.165, 1.54) is 29.5 Å². The standard InChI is InChI=1S/C18H21NO2/c1-12(13-5-6-17-14(11-13)7-9-20-17)19-16-3-2-4-18-15(16)8-10-21-18/h5-6,8,10-12,16,19H,2-4,7,9H2,1H3. The fourth-order valence-corrected chi connectivity index (χ4v) is 3.53. The monoisotopic (exact) mass is 283 g/mol. The number of aryl methyl sites for hydroxylation is 1. The molecule has 110 valence electrons. The van der Waals surface area contributed by atoms with Crippen LogP contribution in [0.3, 0.4) is 0 Å². The highest BCUT2D eigenvalue weighted by molar-refractivity contribution is 5.40. The number of rotatable bonds is 3. The van der Waals surface area contributed by atoms with E-state index in [2.05, 4.69) is 36.5 Å². The predicted octanol–water partition coefficient (Wildman–Crippen LogP) is 3.94. The molecule has 0 spiro atoms. The molecule has 1 aromatic heterocycles. The molecule has 4 rings (SSSR count). The van der Waals surface area contributed by atoms with E-state index in [1.54, 1.807) is 0 Å². The summed E-state index contributed by atoms with van der Waals surface area (Å²) in [6.45, 7) is 3.06. The first-order valence-electron chi connectivity index (χ1n) is 7.89. The summed E-state index contributed by atoms with van der Waals surface area (Å²) in [5.74, 6) is 2.22. The van der Waals surface area contributed by atoms with Gasteiger partial charge in [-0.05, 0) is 43.0 Å². The van der Waals surface area contributed by atoms with Crippen LogP contribution in [0.5, 0.6) is 5.75 Å². The average Bonchev–Trinajstić information content (AvgIpc) is 3.15. The fraction of sp³-hybridized carbons (Fsp3) is 0.444. The molecule has 1 aliphatic carbocycles. The molecule has 1 N–H and O–H groups in total. The van der Waals surface area contributed by atoms with Crippen LogP contribution in [0.25, 0.3) is 0 Å². The van der Waals surface area contributed by atoms with Crippen LogP contribution in [-0.4, -0.2) is 6.61 Å². The highest BCUT2D eigenvalue weighted by Crippen LogP contribution is 2.33. The van der Waals surface area contributed by atoms with Crippen molar-refractivity contribution in [1.29, 1.82) is 0 Å². The molecule has 1 aromatic carbocycles. The van der Waals surface area contributed by atoms with Gasteiger partial charge in [-0.3, -0.25) is 0 Å². The molecule has 0 saturated heterocycles. The molecule has 3 heteroatoms. The Hall–Kier alpha value is -1.74. The molecule has 2 atom stereocenters. The lowest BCUT2D eigenvalue weighted by Gasteiger charge is -2.27. The minimum absolute atomic E-state index is 0.335. The molecular formula is C18H21NO2. The summed E-state index contributed by atoms with van der Waals surface area (Å²) in [5.41, 5.74) is 4.03. The maximum atomic E-state index is 5.59. The van der Waals surface area contributed by atoms with E-state index in [1.807, 2.05) is 6.26 Å². The third kappa shape index (κ3) is 2.36. The van der Waals surface area contributed by atoms with E-state index in [0.717, 1.165) is 31.0 Å². The maximum Gasteiger partial charge on any atom is 0.122 e. The number of ether oxygens (including phenoxy) is 1. The Labute approximate surface area is 125 Å². The SMILES string of the molecule is CC(NC1CCCc2occc21)c1ccc2c(c1)CCO2. The number of hydrogen-bond donors (Lipinski definition) is 1. The van der Waals surface area contributed by atoms with E-state index in [9.17, 15) is 0 Å². The average molecular weight is 283 g/mol. The van der Waals surface area contributed by atoms with Crippen LogP contribution in [0.15, 0.2) is 34.9 Å². The smallest absolute Gasteiger partial charge is 0.122 e. The number of fused-ring (bicyclic) bond motifs is 2. The van der Waals surface area contributed by atoms with Gasteiger partial charge in [0.1, 0.15) is 11.5 Å². The third-order valence-corrected chi connectivity index (χ3v) is 4.72. The van der Waals surface area contributed by atoms with Crippen LogP contribution in [0.1, 0.15) is 54.3 Å². The van der Waals surface area contributed by atoms with Gasteiger partial charge >= 0.3 is 0 Å². The molecule has 2 aromatic rings. The van der Waals surface area contributed by atoms with Crippen molar-refractivity contribution in [2.24, 2.45) is 0 Å². The molecule has 0 radical (unpaired) electrons. The second-order valence-electron chi connectivity index (χ2n) is 6.10. The van der Waals surface area contributed by atoms with E-state index in [-0.39, 0.29) is 0 Å². The fourth-order valence-electron chi connectivity index (χ4n) is 3.53. The second-order valence-corrected chi connectivity index (χ2v) is 6.10. The topological polar surface area (TPSA) is 34.4 Å². The summed E-state index contributed by atoms with van der Waals surface area (Å²) in [6.07, 6.45) is 6.31. The first kappa shape index (κ1) is 13.0. The highest BCUT2D eigenvalue weighted by atomic mass is 16.5. The summed E-state index contributed by atoms with van der Waals surface area (Å²) in [5, 5.41) is 3.77. The molecule has 0 fully saturated rings. The van der Waals surface area contributed by atoms with Gasteiger partial charge < -0.3 is 14.5 Å². The Bertz CT molecular complexity index is 646. The van der Waals surface area contributed by atoms with Crippen molar-refractivity contribution < 1.29 is 9.15 Å². The van der Waals surface area contributed by atoms with Gasteiger partial charge in [-0.1, -0.05) is 12.1 Å². The van der Waals surface area contributed by atoms with Crippen LogP contribution in [0, 0.1) is 0 Å². The summed E-state index contributed by atoms with van der Waals surface area (Å²) >= 11 is 0. The summed E-state index contributed by atoms with van der Waals surface area (Å²) in [4.78, 5) is 0. The normalized spacial score (nSPS) is 21.5. The van der Waals surface area contributed by atoms with E-state index >= 15 is 0 Å². The van der Waals surface area contributed by atoms with Gasteiger partial charge in [0, 0.05) is 30.5 Å². The number of furan rings is 1. The van der Waals surface area contributed by atoms with Crippen molar-refractivity contribution in [2.45, 2.75) is 44.7 Å². The van der Waals surface area contributed by atoms with Crippen molar-refractivity contribution in [2.75, 3.05) is 6.61 Å². The number of nitrogens with one attached hydrogen (secondary N) is 1. The predicted molar refractivity (Wildman–Crippen MR) is 81.6 cm³/mol. The van der Waals surface area contributed by atoms with Gasteiger partial charge in [0.05, 0.1) is 12.9 Å². The first-order chi connectivity index (χ1) is 10.3. The number of benzene rings is 1. The summed E-state index contributed by atoms with van der Waals surface area (Å²) < 4.78 is 11.2. The molecule has 1 aliphatic heterocycles. The van der Waals surface area contributed by atoms with Crippen molar-refractivity contribution >= 4 is 0 Å². The lowest BCUT2D eigenvalue weighted by Crippen LogP contribution is -2.27.